The van der Waals surface area contributed by atoms with Crippen LogP contribution in [-0.2, 0) is 0 Å². The summed E-state index contributed by atoms with van der Waals surface area (Å²) in [7, 11) is 1.67. The lowest BCUT2D eigenvalue weighted by Crippen LogP contribution is -1.88. The zero-order valence-corrected chi connectivity index (χ0v) is 3.73. The lowest BCUT2D eigenvalue weighted by atomic mass is 10.0. The molecule has 0 aromatic carbocycles. The molecule has 3 heteroatoms. The predicted octanol–water partition coefficient (Wildman–Crippen LogP) is -0.931. The first kappa shape index (κ1) is 5.27. The standard InChI is InChI=1S/C3H7BN2/c4-3(6)1-2-5/h1-2,6H,4-5H2/b2-1-,6-3?. The van der Waals surface area contributed by atoms with E-state index < -0.39 is 0 Å². The van der Waals surface area contributed by atoms with E-state index in [1.807, 2.05) is 0 Å². The van der Waals surface area contributed by atoms with Crippen LogP contribution in [0.2, 0.25) is 0 Å². The van der Waals surface area contributed by atoms with Crippen LogP contribution in [0.3, 0.4) is 0 Å². The van der Waals surface area contributed by atoms with Crippen LogP contribution >= 0.6 is 0 Å². The van der Waals surface area contributed by atoms with Crippen LogP contribution in [0.1, 0.15) is 0 Å². The monoisotopic (exact) mass is 82.1 g/mol. The van der Waals surface area contributed by atoms with Crippen molar-refractivity contribution in [2.45, 2.75) is 0 Å². The number of nitrogens with one attached hydrogen (secondary N) is 1. The maximum Gasteiger partial charge on any atom is 0.163 e. The van der Waals surface area contributed by atoms with Crippen LogP contribution in [0.25, 0.3) is 0 Å². The summed E-state index contributed by atoms with van der Waals surface area (Å²) in [4.78, 5) is 0. The molecule has 6 heavy (non-hydrogen) atoms. The summed E-state index contributed by atoms with van der Waals surface area (Å²) in [5.74, 6) is 0. The third kappa shape index (κ3) is 3.27. The second kappa shape index (κ2) is 2.51. The molecule has 0 radical (unpaired) electrons. The molecule has 0 fully saturated rings. The molecule has 0 aromatic rings. The van der Waals surface area contributed by atoms with E-state index in [0.717, 1.165) is 0 Å². The first-order chi connectivity index (χ1) is 2.77. The van der Waals surface area contributed by atoms with E-state index in [-0.39, 0.29) is 0 Å². The van der Waals surface area contributed by atoms with E-state index >= 15 is 0 Å². The fourth-order valence-corrected chi connectivity index (χ4v) is 0.144. The normalized spacial score (nSPS) is 9.33. The summed E-state index contributed by atoms with van der Waals surface area (Å²) in [5, 5.41) is 6.73. The van der Waals surface area contributed by atoms with E-state index in [0.29, 0.717) is 5.61 Å². The molecule has 0 atom stereocenters. The maximum absolute atomic E-state index is 6.73. The van der Waals surface area contributed by atoms with Gasteiger partial charge in [0.1, 0.15) is 0 Å². The van der Waals surface area contributed by atoms with Crippen LogP contribution in [0.5, 0.6) is 0 Å². The average molecular weight is 81.9 g/mol. The SMILES string of the molecule is BC(=N)/C=C\N. The minimum atomic E-state index is 0.484. The molecule has 0 saturated carbocycles. The van der Waals surface area contributed by atoms with Crippen LogP contribution in [-0.4, -0.2) is 13.5 Å². The van der Waals surface area contributed by atoms with Gasteiger partial charge in [-0.3, -0.25) is 0 Å². The van der Waals surface area contributed by atoms with Crippen LogP contribution in [0.15, 0.2) is 12.3 Å². The van der Waals surface area contributed by atoms with Crippen molar-refractivity contribution in [2.75, 3.05) is 0 Å². The molecular formula is C3H7BN2. The Bertz CT molecular complexity index is 76.9. The lowest BCUT2D eigenvalue weighted by Gasteiger charge is -1.73. The molecule has 0 aliphatic rings. The summed E-state index contributed by atoms with van der Waals surface area (Å²) < 4.78 is 0. The zero-order chi connectivity index (χ0) is 4.99. The van der Waals surface area contributed by atoms with Gasteiger partial charge in [-0.25, -0.2) is 0 Å². The molecule has 0 amide bonds. The number of rotatable bonds is 1. The van der Waals surface area contributed by atoms with Crippen molar-refractivity contribution in [3.8, 4) is 0 Å². The molecule has 0 rings (SSSR count). The van der Waals surface area contributed by atoms with Crippen molar-refractivity contribution in [3.63, 3.8) is 0 Å². The van der Waals surface area contributed by atoms with Gasteiger partial charge in [-0.15, -0.1) is 0 Å². The summed E-state index contributed by atoms with van der Waals surface area (Å²) in [5.41, 5.74) is 5.39. The van der Waals surface area contributed by atoms with Crippen LogP contribution in [0, 0.1) is 5.41 Å². The average Bonchev–Trinajstić information content (AvgIpc) is 1.35. The largest absolute Gasteiger partial charge is 0.405 e. The minimum Gasteiger partial charge on any atom is -0.405 e. The Morgan fingerprint density at radius 3 is 2.33 bits per heavy atom. The Labute approximate surface area is 38.0 Å². The molecular weight excluding hydrogens is 74.9 g/mol. The van der Waals surface area contributed by atoms with Crippen molar-refractivity contribution in [1.29, 1.82) is 5.41 Å². The van der Waals surface area contributed by atoms with E-state index in [1.165, 1.54) is 12.3 Å². The topological polar surface area (TPSA) is 49.9 Å². The minimum absolute atomic E-state index is 0.484. The first-order valence-electron chi connectivity index (χ1n) is 1.71. The van der Waals surface area contributed by atoms with Gasteiger partial charge in [0.15, 0.2) is 7.85 Å². The summed E-state index contributed by atoms with van der Waals surface area (Å²) in [6.07, 6.45) is 2.88. The molecule has 2 nitrogen and oxygen atoms in total. The smallest absolute Gasteiger partial charge is 0.163 e. The lowest BCUT2D eigenvalue weighted by molar-refractivity contribution is 1.54. The molecule has 0 heterocycles. The Hall–Kier alpha value is -0.725. The molecule has 0 saturated heterocycles. The Kier molecular flexibility index (Phi) is 2.21. The third-order valence-corrected chi connectivity index (χ3v) is 0.346. The number of nitrogens with two attached hydrogens (primary N) is 1. The molecule has 0 unspecified atom stereocenters. The summed E-state index contributed by atoms with van der Waals surface area (Å²) in [6, 6.07) is 0. The molecule has 0 spiro atoms. The van der Waals surface area contributed by atoms with Crippen LogP contribution < -0.4 is 5.73 Å². The van der Waals surface area contributed by atoms with E-state index in [9.17, 15) is 0 Å². The van der Waals surface area contributed by atoms with Crippen molar-refractivity contribution >= 4 is 13.5 Å². The number of hydrogen-bond donors (Lipinski definition) is 2. The van der Waals surface area contributed by atoms with Gasteiger partial charge in [0, 0.05) is 0 Å². The van der Waals surface area contributed by atoms with Crippen molar-refractivity contribution in [3.05, 3.63) is 12.3 Å². The zero-order valence-electron chi connectivity index (χ0n) is 3.73. The molecule has 3 N–H and O–H groups in total. The second-order valence-corrected chi connectivity index (χ2v) is 1.04. The van der Waals surface area contributed by atoms with E-state index in [1.54, 1.807) is 7.85 Å². The quantitative estimate of drug-likeness (QED) is 0.311. The molecule has 0 bridgehead atoms. The van der Waals surface area contributed by atoms with E-state index in [4.69, 9.17) is 11.1 Å². The highest BCUT2D eigenvalue weighted by Crippen LogP contribution is 1.60. The Morgan fingerprint density at radius 2 is 2.33 bits per heavy atom. The molecule has 0 aliphatic heterocycles. The Morgan fingerprint density at radius 1 is 1.83 bits per heavy atom. The Balaban J connectivity index is 3.30. The van der Waals surface area contributed by atoms with Gasteiger partial charge >= 0.3 is 0 Å². The molecule has 0 aromatic heterocycles. The van der Waals surface area contributed by atoms with Gasteiger partial charge in [-0.2, -0.15) is 0 Å². The van der Waals surface area contributed by atoms with E-state index in [2.05, 4.69) is 0 Å². The van der Waals surface area contributed by atoms with Gasteiger partial charge < -0.3 is 11.1 Å². The first-order valence-corrected chi connectivity index (χ1v) is 1.71. The highest BCUT2D eigenvalue weighted by Gasteiger charge is 1.68. The van der Waals surface area contributed by atoms with Gasteiger partial charge in [0.2, 0.25) is 0 Å². The highest BCUT2D eigenvalue weighted by molar-refractivity contribution is 6.61. The fraction of sp³-hybridized carbons (Fsp3) is 0. The number of hydrogen-bond acceptors (Lipinski definition) is 2. The predicted molar refractivity (Wildman–Crippen MR) is 29.6 cm³/mol. The number of allylic oxidation sites excluding steroid dienone is 1. The summed E-state index contributed by atoms with van der Waals surface area (Å²) in [6.45, 7) is 0. The maximum atomic E-state index is 6.73. The van der Waals surface area contributed by atoms with Gasteiger partial charge in [0.05, 0.1) is 0 Å². The van der Waals surface area contributed by atoms with Crippen LogP contribution in [0.4, 0.5) is 0 Å². The van der Waals surface area contributed by atoms with Gasteiger partial charge in [-0.05, 0) is 17.9 Å². The molecule has 32 valence electrons. The third-order valence-electron chi connectivity index (χ3n) is 0.346. The van der Waals surface area contributed by atoms with Gasteiger partial charge in [-0.1, -0.05) is 0 Å². The van der Waals surface area contributed by atoms with Crippen molar-refractivity contribution in [2.24, 2.45) is 5.73 Å². The van der Waals surface area contributed by atoms with Crippen molar-refractivity contribution in [1.82, 2.24) is 0 Å². The fourth-order valence-electron chi connectivity index (χ4n) is 0.144. The second-order valence-electron chi connectivity index (χ2n) is 1.04. The van der Waals surface area contributed by atoms with Crippen molar-refractivity contribution < 1.29 is 0 Å². The highest BCUT2D eigenvalue weighted by atomic mass is 14.5. The summed E-state index contributed by atoms with van der Waals surface area (Å²) >= 11 is 0. The van der Waals surface area contributed by atoms with Gasteiger partial charge in [0.25, 0.3) is 0 Å². The molecule has 0 aliphatic carbocycles.